The van der Waals surface area contributed by atoms with Gasteiger partial charge in [0.05, 0.1) is 0 Å². The Morgan fingerprint density at radius 3 is 0.862 bits per heavy atom. The summed E-state index contributed by atoms with van der Waals surface area (Å²) in [6.07, 6.45) is 0.428. The van der Waals surface area contributed by atoms with Crippen LogP contribution in [0.25, 0.3) is 0 Å². The maximum Gasteiger partial charge on any atom is 0.126 e. The molecule has 10 nitrogen and oxygen atoms in total. The van der Waals surface area contributed by atoms with Gasteiger partial charge in [-0.05, 0) is 146 Å². The molecule has 58 heavy (non-hydrogen) atoms. The number of hydrogen-bond acceptors (Lipinski definition) is 10. The average molecular weight is 811 g/mol. The van der Waals surface area contributed by atoms with Crippen molar-refractivity contribution >= 4 is 0 Å². The largest absolute Gasteiger partial charge is 0.487 e. The summed E-state index contributed by atoms with van der Waals surface area (Å²) in [5.74, 6) is 1.25. The Kier molecular flexibility index (Phi) is 13.7. The Balaban J connectivity index is 0.000000177. The van der Waals surface area contributed by atoms with Gasteiger partial charge in [0, 0.05) is 26.2 Å². The number of halogens is 4. The molecule has 0 saturated carbocycles. The van der Waals surface area contributed by atoms with E-state index < -0.39 is 24.4 Å². The van der Waals surface area contributed by atoms with E-state index in [2.05, 4.69) is 10.6 Å². The maximum absolute atomic E-state index is 13.3. The van der Waals surface area contributed by atoms with Crippen molar-refractivity contribution in [3.8, 4) is 23.0 Å². The molecular formula is C44H50F4N2O8. The van der Waals surface area contributed by atoms with Gasteiger partial charge in [-0.2, -0.15) is 0 Å². The monoisotopic (exact) mass is 810 g/mol. The third-order valence-electron chi connectivity index (χ3n) is 11.1. The van der Waals surface area contributed by atoms with E-state index in [9.17, 15) is 38.0 Å². The molecule has 0 aromatic heterocycles. The summed E-state index contributed by atoms with van der Waals surface area (Å²) in [7, 11) is 0. The summed E-state index contributed by atoms with van der Waals surface area (Å²) < 4.78 is 76.3. The molecule has 4 aromatic carbocycles. The second-order valence-electron chi connectivity index (χ2n) is 15.4. The van der Waals surface area contributed by atoms with E-state index in [-0.39, 0.29) is 73.9 Å². The lowest BCUT2D eigenvalue weighted by Gasteiger charge is -2.31. The fraction of sp³-hybridized carbons (Fsp3) is 0.455. The Morgan fingerprint density at radius 1 is 0.414 bits per heavy atom. The van der Waals surface area contributed by atoms with Gasteiger partial charge in [-0.15, -0.1) is 0 Å². The molecule has 0 bridgehead atoms. The van der Waals surface area contributed by atoms with Crippen molar-refractivity contribution in [3.05, 3.63) is 118 Å². The molecule has 8 unspecified atom stereocenters. The zero-order chi connectivity index (χ0) is 40.8. The Bertz CT molecular complexity index is 1730. The number of rotatable bonds is 12. The molecule has 4 aliphatic rings. The predicted octanol–water partition coefficient (Wildman–Crippen LogP) is 4.73. The van der Waals surface area contributed by atoms with E-state index in [0.717, 1.165) is 22.3 Å². The van der Waals surface area contributed by atoms with E-state index in [1.807, 2.05) is 0 Å². The summed E-state index contributed by atoms with van der Waals surface area (Å²) in [5, 5.41) is 47.8. The van der Waals surface area contributed by atoms with E-state index in [0.29, 0.717) is 74.4 Å². The summed E-state index contributed by atoms with van der Waals surface area (Å²) in [5.41, 5.74) is 3.25. The summed E-state index contributed by atoms with van der Waals surface area (Å²) in [6.45, 7) is 1.03. The third-order valence-corrected chi connectivity index (χ3v) is 11.1. The number of aryl methyl sites for hydroxylation is 4. The van der Waals surface area contributed by atoms with Gasteiger partial charge in [-0.25, -0.2) is 17.6 Å². The van der Waals surface area contributed by atoms with E-state index in [4.69, 9.17) is 18.9 Å². The molecule has 8 rings (SSSR count). The molecule has 0 spiro atoms. The first kappa shape index (κ1) is 41.7. The lowest BCUT2D eigenvalue weighted by Crippen LogP contribution is -2.46. The van der Waals surface area contributed by atoms with Gasteiger partial charge in [-0.3, -0.25) is 0 Å². The van der Waals surface area contributed by atoms with Crippen molar-refractivity contribution in [1.82, 2.24) is 10.6 Å². The van der Waals surface area contributed by atoms with E-state index >= 15 is 0 Å². The number of ether oxygens (including phenoxy) is 4. The van der Waals surface area contributed by atoms with Gasteiger partial charge in [0.15, 0.2) is 0 Å². The molecule has 0 amide bonds. The minimum absolute atomic E-state index is 0.257. The lowest BCUT2D eigenvalue weighted by atomic mass is 9.98. The highest BCUT2D eigenvalue weighted by molar-refractivity contribution is 5.38. The van der Waals surface area contributed by atoms with Crippen molar-refractivity contribution in [1.29, 1.82) is 0 Å². The summed E-state index contributed by atoms with van der Waals surface area (Å²) in [6, 6.07) is 17.6. The average Bonchev–Trinajstić information content (AvgIpc) is 3.22. The van der Waals surface area contributed by atoms with Crippen LogP contribution in [-0.4, -0.2) is 95.4 Å². The molecule has 6 N–H and O–H groups in total. The van der Waals surface area contributed by atoms with Crippen LogP contribution in [-0.2, 0) is 25.7 Å². The molecule has 4 heterocycles. The van der Waals surface area contributed by atoms with Crippen LogP contribution in [0.1, 0.15) is 47.9 Å². The fourth-order valence-electron chi connectivity index (χ4n) is 7.88. The normalized spacial score (nSPS) is 22.6. The first-order chi connectivity index (χ1) is 28.0. The second-order valence-corrected chi connectivity index (χ2v) is 15.4. The quantitative estimate of drug-likeness (QED) is 0.111. The highest BCUT2D eigenvalue weighted by atomic mass is 19.1. The molecule has 14 heteroatoms. The van der Waals surface area contributed by atoms with Crippen LogP contribution in [0, 0.1) is 23.3 Å². The van der Waals surface area contributed by atoms with E-state index in [1.54, 1.807) is 24.3 Å². The summed E-state index contributed by atoms with van der Waals surface area (Å²) >= 11 is 0. The molecule has 0 saturated heterocycles. The highest BCUT2D eigenvalue weighted by Crippen LogP contribution is 2.32. The standard InChI is InChI=1S/2C22H25F2NO4/c2*23-15-3-7-19-13(9-15)1-5-21(28-19)17(26)11-25-12-18(27)22-6-2-14-10-16(24)4-8-20(14)29-22/h2*3-4,7-10,17-18,21-22,25-27H,1-2,5-6,11-12H2. The van der Waals surface area contributed by atoms with Gasteiger partial charge in [0.2, 0.25) is 0 Å². The maximum atomic E-state index is 13.3. The van der Waals surface area contributed by atoms with Gasteiger partial charge < -0.3 is 50.0 Å². The van der Waals surface area contributed by atoms with Crippen molar-refractivity contribution in [3.63, 3.8) is 0 Å². The van der Waals surface area contributed by atoms with Crippen LogP contribution >= 0.6 is 0 Å². The highest BCUT2D eigenvalue weighted by Gasteiger charge is 2.31. The lowest BCUT2D eigenvalue weighted by molar-refractivity contribution is 0.00889. The minimum Gasteiger partial charge on any atom is -0.487 e. The molecule has 0 fully saturated rings. The Labute approximate surface area is 334 Å². The van der Waals surface area contributed by atoms with Crippen LogP contribution in [0.4, 0.5) is 17.6 Å². The van der Waals surface area contributed by atoms with Crippen LogP contribution in [0.5, 0.6) is 23.0 Å². The molecule has 0 aliphatic carbocycles. The zero-order valence-electron chi connectivity index (χ0n) is 32.0. The third kappa shape index (κ3) is 10.6. The molecule has 0 radical (unpaired) electrons. The van der Waals surface area contributed by atoms with Crippen molar-refractivity contribution in [2.75, 3.05) is 26.2 Å². The van der Waals surface area contributed by atoms with Gasteiger partial charge in [-0.1, -0.05) is 0 Å². The predicted molar refractivity (Wildman–Crippen MR) is 206 cm³/mol. The van der Waals surface area contributed by atoms with Gasteiger partial charge in [0.25, 0.3) is 0 Å². The topological polar surface area (TPSA) is 142 Å². The Morgan fingerprint density at radius 2 is 0.638 bits per heavy atom. The number of aliphatic hydroxyl groups excluding tert-OH is 4. The van der Waals surface area contributed by atoms with Gasteiger partial charge >= 0.3 is 0 Å². The number of fused-ring (bicyclic) bond motifs is 4. The number of hydrogen-bond donors (Lipinski definition) is 6. The molecule has 312 valence electrons. The van der Waals surface area contributed by atoms with Crippen LogP contribution < -0.4 is 29.6 Å². The first-order valence-corrected chi connectivity index (χ1v) is 19.9. The second kappa shape index (κ2) is 19.1. The van der Waals surface area contributed by atoms with Gasteiger partial charge in [0.1, 0.15) is 95.1 Å². The summed E-state index contributed by atoms with van der Waals surface area (Å²) in [4.78, 5) is 0. The molecule has 4 aromatic rings. The minimum atomic E-state index is -0.753. The SMILES string of the molecule is OC(CNCC(O)C1CCc2cc(F)ccc2O1)C1CCc2cc(F)ccc2O1.OC(CNCC(O)C1CCc2cc(F)ccc2O1)C1CCc2cc(F)ccc2O1. The molecular weight excluding hydrogens is 760 g/mol. The molecule has 8 atom stereocenters. The van der Waals surface area contributed by atoms with Crippen molar-refractivity contribution in [2.45, 2.75) is 100 Å². The fourth-order valence-corrected chi connectivity index (χ4v) is 7.88. The molecule has 4 aliphatic heterocycles. The number of benzene rings is 4. The number of aliphatic hydroxyl groups is 4. The number of nitrogens with one attached hydrogen (secondary N) is 2. The van der Waals surface area contributed by atoms with Crippen LogP contribution in [0.3, 0.4) is 0 Å². The van der Waals surface area contributed by atoms with Crippen molar-refractivity contribution in [2.24, 2.45) is 0 Å². The van der Waals surface area contributed by atoms with Crippen LogP contribution in [0.2, 0.25) is 0 Å². The first-order valence-electron chi connectivity index (χ1n) is 19.9. The zero-order valence-corrected chi connectivity index (χ0v) is 32.0. The smallest absolute Gasteiger partial charge is 0.126 e. The van der Waals surface area contributed by atoms with Crippen LogP contribution in [0.15, 0.2) is 72.8 Å². The van der Waals surface area contributed by atoms with E-state index in [1.165, 1.54) is 48.5 Å². The Hall–Kier alpha value is -4.44. The van der Waals surface area contributed by atoms with Crippen molar-refractivity contribution < 1.29 is 56.9 Å².